The average Bonchev–Trinajstić information content (AvgIpc) is 3.04. The molecule has 2 aliphatic rings. The first-order valence-corrected chi connectivity index (χ1v) is 8.28. The number of rotatable bonds is 5. The molecule has 6 nitrogen and oxygen atoms in total. The number of nitrogens with one attached hydrogen (secondary N) is 1. The van der Waals surface area contributed by atoms with Crippen LogP contribution in [0.25, 0.3) is 0 Å². The molecular weight excluding hydrogens is 268 g/mol. The largest absolute Gasteiger partial charge is 0.378 e. The Hall–Kier alpha value is -1.14. The molecule has 1 saturated carbocycles. The van der Waals surface area contributed by atoms with Crippen molar-refractivity contribution >= 4 is 5.95 Å². The summed E-state index contributed by atoms with van der Waals surface area (Å²) >= 11 is 0. The quantitative estimate of drug-likeness (QED) is 0.895. The Balaban J connectivity index is 1.67. The van der Waals surface area contributed by atoms with E-state index in [4.69, 9.17) is 9.26 Å². The lowest BCUT2D eigenvalue weighted by Gasteiger charge is -2.29. The Kier molecular flexibility index (Phi) is 5.08. The van der Waals surface area contributed by atoms with Crippen molar-refractivity contribution in [1.29, 1.82) is 0 Å². The molecule has 0 amide bonds. The van der Waals surface area contributed by atoms with Crippen LogP contribution in [0.2, 0.25) is 0 Å². The average molecular weight is 294 g/mol. The minimum absolute atomic E-state index is 0.368. The van der Waals surface area contributed by atoms with Crippen LogP contribution in [-0.2, 0) is 4.74 Å². The Morgan fingerprint density at radius 2 is 2.05 bits per heavy atom. The van der Waals surface area contributed by atoms with Gasteiger partial charge in [0.1, 0.15) is 0 Å². The number of aromatic nitrogens is 2. The first kappa shape index (κ1) is 14.8. The summed E-state index contributed by atoms with van der Waals surface area (Å²) < 4.78 is 11.0. The molecule has 0 bridgehead atoms. The normalized spacial score (nSPS) is 27.0. The van der Waals surface area contributed by atoms with E-state index in [0.717, 1.165) is 57.5 Å². The number of ether oxygens (including phenoxy) is 1. The Morgan fingerprint density at radius 3 is 2.86 bits per heavy atom. The Labute approximate surface area is 126 Å². The molecule has 1 saturated heterocycles. The van der Waals surface area contributed by atoms with E-state index >= 15 is 0 Å². The van der Waals surface area contributed by atoms with E-state index in [0.29, 0.717) is 12.0 Å². The van der Waals surface area contributed by atoms with Crippen LogP contribution in [0.4, 0.5) is 5.95 Å². The SMILES string of the molecule is CCCNC1CCCCC1c1nc(N2CCOCC2)no1. The molecular formula is C15H26N4O2. The fourth-order valence-corrected chi connectivity index (χ4v) is 3.27. The predicted molar refractivity (Wildman–Crippen MR) is 80.6 cm³/mol. The van der Waals surface area contributed by atoms with Crippen molar-refractivity contribution in [3.63, 3.8) is 0 Å². The molecule has 0 spiro atoms. The van der Waals surface area contributed by atoms with Gasteiger partial charge in [-0.25, -0.2) is 0 Å². The number of anilines is 1. The molecule has 6 heteroatoms. The first-order valence-electron chi connectivity index (χ1n) is 8.28. The van der Waals surface area contributed by atoms with E-state index in [1.807, 2.05) is 0 Å². The van der Waals surface area contributed by atoms with Gasteiger partial charge in [-0.2, -0.15) is 4.98 Å². The fraction of sp³-hybridized carbons (Fsp3) is 0.867. The van der Waals surface area contributed by atoms with E-state index in [1.165, 1.54) is 19.3 Å². The Bertz CT molecular complexity index is 431. The van der Waals surface area contributed by atoms with Crippen molar-refractivity contribution in [2.24, 2.45) is 0 Å². The maximum atomic E-state index is 5.58. The van der Waals surface area contributed by atoms with Crippen molar-refractivity contribution in [1.82, 2.24) is 15.5 Å². The van der Waals surface area contributed by atoms with Gasteiger partial charge in [-0.3, -0.25) is 0 Å². The first-order chi connectivity index (χ1) is 10.4. The van der Waals surface area contributed by atoms with Gasteiger partial charge >= 0.3 is 0 Å². The second-order valence-corrected chi connectivity index (χ2v) is 5.98. The molecule has 21 heavy (non-hydrogen) atoms. The van der Waals surface area contributed by atoms with E-state index in [9.17, 15) is 0 Å². The molecule has 1 aromatic heterocycles. The summed E-state index contributed by atoms with van der Waals surface area (Å²) in [5.74, 6) is 1.91. The van der Waals surface area contributed by atoms with Crippen LogP contribution < -0.4 is 10.2 Å². The Morgan fingerprint density at radius 1 is 1.24 bits per heavy atom. The molecule has 1 aromatic rings. The number of morpholine rings is 1. The zero-order chi connectivity index (χ0) is 14.5. The topological polar surface area (TPSA) is 63.4 Å². The van der Waals surface area contributed by atoms with E-state index < -0.39 is 0 Å². The van der Waals surface area contributed by atoms with Gasteiger partial charge in [-0.15, -0.1) is 0 Å². The molecule has 1 aliphatic heterocycles. The van der Waals surface area contributed by atoms with Gasteiger partial charge in [0.15, 0.2) is 0 Å². The van der Waals surface area contributed by atoms with E-state index in [1.54, 1.807) is 0 Å². The molecule has 1 aliphatic carbocycles. The highest BCUT2D eigenvalue weighted by Crippen LogP contribution is 2.33. The molecule has 2 fully saturated rings. The predicted octanol–water partition coefficient (Wildman–Crippen LogP) is 1.93. The zero-order valence-electron chi connectivity index (χ0n) is 12.9. The van der Waals surface area contributed by atoms with Crippen LogP contribution in [0.15, 0.2) is 4.52 Å². The smallest absolute Gasteiger partial charge is 0.266 e. The molecule has 2 atom stereocenters. The third-order valence-electron chi connectivity index (χ3n) is 4.46. The van der Waals surface area contributed by atoms with Crippen molar-refractivity contribution in [2.75, 3.05) is 37.7 Å². The van der Waals surface area contributed by atoms with Gasteiger partial charge in [-0.05, 0) is 31.0 Å². The highest BCUT2D eigenvalue weighted by molar-refractivity contribution is 5.28. The number of hydrogen-bond acceptors (Lipinski definition) is 6. The molecule has 118 valence electrons. The summed E-state index contributed by atoms with van der Waals surface area (Å²) in [4.78, 5) is 6.82. The molecule has 0 radical (unpaired) electrons. The second-order valence-electron chi connectivity index (χ2n) is 5.98. The van der Waals surface area contributed by atoms with Gasteiger partial charge < -0.3 is 19.5 Å². The zero-order valence-corrected chi connectivity index (χ0v) is 12.9. The van der Waals surface area contributed by atoms with Crippen LogP contribution in [-0.4, -0.2) is 49.0 Å². The molecule has 0 aromatic carbocycles. The standard InChI is InChI=1S/C15H26N4O2/c1-2-7-16-13-6-4-3-5-12(13)14-17-15(18-21-14)19-8-10-20-11-9-19/h12-13,16H,2-11H2,1H3. The monoisotopic (exact) mass is 294 g/mol. The number of nitrogens with zero attached hydrogens (tertiary/aromatic N) is 3. The molecule has 2 heterocycles. The summed E-state index contributed by atoms with van der Waals surface area (Å²) in [5.41, 5.74) is 0. The maximum absolute atomic E-state index is 5.58. The van der Waals surface area contributed by atoms with Crippen molar-refractivity contribution < 1.29 is 9.26 Å². The van der Waals surface area contributed by atoms with Gasteiger partial charge in [0, 0.05) is 19.1 Å². The summed E-state index contributed by atoms with van der Waals surface area (Å²) in [6, 6.07) is 0.483. The van der Waals surface area contributed by atoms with Crippen LogP contribution in [0.3, 0.4) is 0 Å². The van der Waals surface area contributed by atoms with Gasteiger partial charge in [0.25, 0.3) is 5.95 Å². The number of hydrogen-bond donors (Lipinski definition) is 1. The van der Waals surface area contributed by atoms with Crippen LogP contribution in [0.5, 0.6) is 0 Å². The van der Waals surface area contributed by atoms with Crippen molar-refractivity contribution in [2.45, 2.75) is 51.0 Å². The molecule has 2 unspecified atom stereocenters. The van der Waals surface area contributed by atoms with E-state index in [2.05, 4.69) is 27.3 Å². The second kappa shape index (κ2) is 7.22. The lowest BCUT2D eigenvalue weighted by Crippen LogP contribution is -2.38. The third-order valence-corrected chi connectivity index (χ3v) is 4.46. The van der Waals surface area contributed by atoms with Gasteiger partial charge in [0.05, 0.1) is 19.1 Å². The summed E-state index contributed by atoms with van der Waals surface area (Å²) in [7, 11) is 0. The summed E-state index contributed by atoms with van der Waals surface area (Å²) in [5, 5.41) is 7.83. The van der Waals surface area contributed by atoms with Gasteiger partial charge in [-0.1, -0.05) is 19.8 Å². The molecule has 1 N–H and O–H groups in total. The third kappa shape index (κ3) is 3.55. The summed E-state index contributed by atoms with van der Waals surface area (Å²) in [6.07, 6.45) is 6.06. The highest BCUT2D eigenvalue weighted by Gasteiger charge is 2.31. The fourth-order valence-electron chi connectivity index (χ4n) is 3.27. The van der Waals surface area contributed by atoms with Gasteiger partial charge in [0.2, 0.25) is 5.89 Å². The van der Waals surface area contributed by atoms with Crippen LogP contribution in [0.1, 0.15) is 50.8 Å². The van der Waals surface area contributed by atoms with Crippen LogP contribution in [0, 0.1) is 0 Å². The minimum Gasteiger partial charge on any atom is -0.378 e. The molecule has 3 rings (SSSR count). The van der Waals surface area contributed by atoms with Crippen molar-refractivity contribution in [3.8, 4) is 0 Å². The van der Waals surface area contributed by atoms with Crippen LogP contribution >= 0.6 is 0 Å². The lowest BCUT2D eigenvalue weighted by atomic mass is 9.84. The summed E-state index contributed by atoms with van der Waals surface area (Å²) in [6.45, 7) is 6.45. The lowest BCUT2D eigenvalue weighted by molar-refractivity contribution is 0.121. The minimum atomic E-state index is 0.368. The highest BCUT2D eigenvalue weighted by atomic mass is 16.5. The maximum Gasteiger partial charge on any atom is 0.266 e. The van der Waals surface area contributed by atoms with Crippen molar-refractivity contribution in [3.05, 3.63) is 5.89 Å². The van der Waals surface area contributed by atoms with E-state index in [-0.39, 0.29) is 0 Å².